The fraction of sp³-hybridized carbons (Fsp3) is 0.421. The minimum Gasteiger partial charge on any atom is -0.448 e. The highest BCUT2D eigenvalue weighted by Gasteiger charge is 2.27. The summed E-state index contributed by atoms with van der Waals surface area (Å²) in [6.45, 7) is 4.71. The lowest BCUT2D eigenvalue weighted by Crippen LogP contribution is -2.42. The normalized spacial score (nSPS) is 15.7. The van der Waals surface area contributed by atoms with Gasteiger partial charge in [-0.15, -0.1) is 0 Å². The molecule has 1 amide bonds. The number of piperidine rings is 1. The number of nitrogens with zero attached hydrogens (tertiary/aromatic N) is 2. The quantitative estimate of drug-likeness (QED) is 0.798. The standard InChI is InChI=1S/C19H22N2O4/c1-13-16(20-17(24-13)15-9-5-3-6-10-15)19(23)25-14(2)18(22)21-11-7-4-8-12-21/h3,5-6,9-10,14H,4,7-8,11-12H2,1-2H3/t14-/m1/s1. The monoisotopic (exact) mass is 342 g/mol. The molecule has 0 radical (unpaired) electrons. The van der Waals surface area contributed by atoms with Gasteiger partial charge in [-0.3, -0.25) is 4.79 Å². The molecule has 1 atom stereocenters. The van der Waals surface area contributed by atoms with E-state index in [-0.39, 0.29) is 11.6 Å². The molecule has 1 fully saturated rings. The fourth-order valence-electron chi connectivity index (χ4n) is 2.93. The van der Waals surface area contributed by atoms with Gasteiger partial charge in [-0.1, -0.05) is 18.2 Å². The number of likely N-dealkylation sites (tertiary alicyclic amines) is 1. The summed E-state index contributed by atoms with van der Waals surface area (Å²) in [6.07, 6.45) is 2.30. The molecular weight excluding hydrogens is 320 g/mol. The Kier molecular flexibility index (Phi) is 5.16. The van der Waals surface area contributed by atoms with E-state index in [9.17, 15) is 9.59 Å². The molecule has 6 heteroatoms. The molecule has 0 spiro atoms. The van der Waals surface area contributed by atoms with E-state index in [0.717, 1.165) is 37.9 Å². The summed E-state index contributed by atoms with van der Waals surface area (Å²) in [7, 11) is 0. The number of benzene rings is 1. The Morgan fingerprint density at radius 3 is 2.52 bits per heavy atom. The lowest BCUT2D eigenvalue weighted by Gasteiger charge is -2.28. The third kappa shape index (κ3) is 3.90. The number of aromatic nitrogens is 1. The number of rotatable bonds is 4. The van der Waals surface area contributed by atoms with Gasteiger partial charge in [-0.2, -0.15) is 0 Å². The maximum Gasteiger partial charge on any atom is 0.361 e. The molecule has 0 unspecified atom stereocenters. The summed E-state index contributed by atoms with van der Waals surface area (Å²) in [5, 5.41) is 0. The van der Waals surface area contributed by atoms with E-state index in [1.807, 2.05) is 30.3 Å². The molecular formula is C19H22N2O4. The van der Waals surface area contributed by atoms with Gasteiger partial charge in [0.25, 0.3) is 5.91 Å². The van der Waals surface area contributed by atoms with Gasteiger partial charge in [0.1, 0.15) is 5.76 Å². The van der Waals surface area contributed by atoms with E-state index in [0.29, 0.717) is 11.7 Å². The van der Waals surface area contributed by atoms with Gasteiger partial charge in [-0.05, 0) is 45.2 Å². The van der Waals surface area contributed by atoms with Crippen LogP contribution in [-0.4, -0.2) is 41.0 Å². The SMILES string of the molecule is Cc1oc(-c2ccccc2)nc1C(=O)O[C@H](C)C(=O)N1CCCCC1. The van der Waals surface area contributed by atoms with Crippen LogP contribution in [0.5, 0.6) is 0 Å². The second-order valence-electron chi connectivity index (χ2n) is 6.22. The van der Waals surface area contributed by atoms with Crippen LogP contribution in [0.1, 0.15) is 42.4 Å². The number of carbonyl (C=O) groups is 2. The number of amides is 1. The number of oxazole rings is 1. The molecule has 0 bridgehead atoms. The molecule has 1 aromatic carbocycles. The third-order valence-electron chi connectivity index (χ3n) is 4.31. The molecule has 6 nitrogen and oxygen atoms in total. The Morgan fingerprint density at radius 2 is 1.84 bits per heavy atom. The van der Waals surface area contributed by atoms with Crippen molar-refractivity contribution >= 4 is 11.9 Å². The second kappa shape index (κ2) is 7.51. The largest absolute Gasteiger partial charge is 0.448 e. The summed E-state index contributed by atoms with van der Waals surface area (Å²) in [5.74, 6) is -0.0553. The van der Waals surface area contributed by atoms with Crippen molar-refractivity contribution in [2.75, 3.05) is 13.1 Å². The first-order valence-corrected chi connectivity index (χ1v) is 8.59. The second-order valence-corrected chi connectivity index (χ2v) is 6.22. The molecule has 0 N–H and O–H groups in total. The third-order valence-corrected chi connectivity index (χ3v) is 4.31. The summed E-state index contributed by atoms with van der Waals surface area (Å²) in [5.41, 5.74) is 0.888. The Hall–Kier alpha value is -2.63. The van der Waals surface area contributed by atoms with Gasteiger partial charge < -0.3 is 14.1 Å². The molecule has 1 aliphatic heterocycles. The van der Waals surface area contributed by atoms with E-state index in [2.05, 4.69) is 4.98 Å². The molecule has 2 heterocycles. The van der Waals surface area contributed by atoms with Gasteiger partial charge in [0, 0.05) is 18.7 Å². The van der Waals surface area contributed by atoms with Gasteiger partial charge in [0.2, 0.25) is 5.89 Å². The smallest absolute Gasteiger partial charge is 0.361 e. The number of aryl methyl sites for hydroxylation is 1. The zero-order chi connectivity index (χ0) is 17.8. The molecule has 1 aliphatic rings. The van der Waals surface area contributed by atoms with Gasteiger partial charge in [-0.25, -0.2) is 9.78 Å². The van der Waals surface area contributed by atoms with Crippen molar-refractivity contribution < 1.29 is 18.7 Å². The zero-order valence-electron chi connectivity index (χ0n) is 14.5. The number of hydrogen-bond donors (Lipinski definition) is 0. The minimum atomic E-state index is -0.832. The van der Waals surface area contributed by atoms with E-state index in [4.69, 9.17) is 9.15 Å². The minimum absolute atomic E-state index is 0.108. The van der Waals surface area contributed by atoms with Crippen LogP contribution in [0.4, 0.5) is 0 Å². The highest BCUT2D eigenvalue weighted by molar-refractivity contribution is 5.91. The van der Waals surface area contributed by atoms with Gasteiger partial charge in [0.05, 0.1) is 0 Å². The van der Waals surface area contributed by atoms with Crippen LogP contribution >= 0.6 is 0 Å². The molecule has 0 aliphatic carbocycles. The van der Waals surface area contributed by atoms with Crippen molar-refractivity contribution in [1.29, 1.82) is 0 Å². The molecule has 1 aromatic heterocycles. The fourth-order valence-corrected chi connectivity index (χ4v) is 2.93. The first kappa shape index (κ1) is 17.2. The van der Waals surface area contributed by atoms with E-state index >= 15 is 0 Å². The van der Waals surface area contributed by atoms with Crippen LogP contribution in [0.3, 0.4) is 0 Å². The predicted octanol–water partition coefficient (Wildman–Crippen LogP) is 3.21. The van der Waals surface area contributed by atoms with Crippen LogP contribution in [0.25, 0.3) is 11.5 Å². The van der Waals surface area contributed by atoms with E-state index in [1.54, 1.807) is 18.7 Å². The topological polar surface area (TPSA) is 72.6 Å². The highest BCUT2D eigenvalue weighted by Crippen LogP contribution is 2.22. The number of ether oxygens (including phenoxy) is 1. The molecule has 3 rings (SSSR count). The highest BCUT2D eigenvalue weighted by atomic mass is 16.5. The van der Waals surface area contributed by atoms with Crippen molar-refractivity contribution in [3.8, 4) is 11.5 Å². The average molecular weight is 342 g/mol. The van der Waals surface area contributed by atoms with E-state index < -0.39 is 12.1 Å². The summed E-state index contributed by atoms with van der Waals surface area (Å²) >= 11 is 0. The summed E-state index contributed by atoms with van der Waals surface area (Å²) in [4.78, 5) is 30.8. The summed E-state index contributed by atoms with van der Waals surface area (Å²) < 4.78 is 10.9. The number of esters is 1. The molecule has 1 saturated heterocycles. The zero-order valence-corrected chi connectivity index (χ0v) is 14.5. The number of hydrogen-bond acceptors (Lipinski definition) is 5. The number of carbonyl (C=O) groups excluding carboxylic acids is 2. The van der Waals surface area contributed by atoms with Crippen molar-refractivity contribution in [1.82, 2.24) is 9.88 Å². The van der Waals surface area contributed by atoms with Crippen molar-refractivity contribution in [3.63, 3.8) is 0 Å². The Morgan fingerprint density at radius 1 is 1.16 bits per heavy atom. The first-order chi connectivity index (χ1) is 12.1. The van der Waals surface area contributed by atoms with Crippen molar-refractivity contribution in [3.05, 3.63) is 41.8 Å². The van der Waals surface area contributed by atoms with Gasteiger partial charge >= 0.3 is 5.97 Å². The molecule has 25 heavy (non-hydrogen) atoms. The Bertz CT molecular complexity index is 748. The Labute approximate surface area is 146 Å². The van der Waals surface area contributed by atoms with Crippen LogP contribution < -0.4 is 0 Å². The molecule has 2 aromatic rings. The summed E-state index contributed by atoms with van der Waals surface area (Å²) in [6, 6.07) is 9.33. The van der Waals surface area contributed by atoms with E-state index in [1.165, 1.54) is 0 Å². The molecule has 132 valence electrons. The van der Waals surface area contributed by atoms with Crippen molar-refractivity contribution in [2.45, 2.75) is 39.2 Å². The predicted molar refractivity (Wildman–Crippen MR) is 92.0 cm³/mol. The van der Waals surface area contributed by atoms with Crippen molar-refractivity contribution in [2.24, 2.45) is 0 Å². The lowest BCUT2D eigenvalue weighted by molar-refractivity contribution is -0.140. The maximum atomic E-state index is 12.4. The van der Waals surface area contributed by atoms with Crippen LogP contribution in [0, 0.1) is 6.92 Å². The van der Waals surface area contributed by atoms with Crippen LogP contribution in [0.2, 0.25) is 0 Å². The van der Waals surface area contributed by atoms with Crippen LogP contribution in [0.15, 0.2) is 34.7 Å². The Balaban J connectivity index is 1.68. The van der Waals surface area contributed by atoms with Gasteiger partial charge in [0.15, 0.2) is 11.8 Å². The molecule has 0 saturated carbocycles. The lowest BCUT2D eigenvalue weighted by atomic mass is 10.1. The maximum absolute atomic E-state index is 12.4. The van der Waals surface area contributed by atoms with Crippen LogP contribution in [-0.2, 0) is 9.53 Å². The first-order valence-electron chi connectivity index (χ1n) is 8.59. The average Bonchev–Trinajstić information content (AvgIpc) is 3.04.